The van der Waals surface area contributed by atoms with Crippen LogP contribution in [0.25, 0.3) is 0 Å². The Labute approximate surface area is 369 Å². The number of nitrogens with two attached hydrogens (primary N) is 1. The Bertz CT molecular complexity index is 2210. The number of sulfonamides is 1. The quantitative estimate of drug-likeness (QED) is 0.0773. The third-order valence-electron chi connectivity index (χ3n) is 13.6. The Hall–Kier alpha value is -3.49. The van der Waals surface area contributed by atoms with Gasteiger partial charge in [0.1, 0.15) is 0 Å². The number of piperidine rings is 2. The number of ether oxygens (including phenoxy) is 2. The number of rotatable bonds is 18. The number of likely N-dealkylation sites (tertiary alicyclic amines) is 2. The fraction of sp³-hybridized carbons (Fsp3) is 0.500. The van der Waals surface area contributed by atoms with Gasteiger partial charge < -0.3 is 25.0 Å². The average Bonchev–Trinajstić information content (AvgIpc) is 3.70. The molecule has 0 aromatic heterocycles. The maximum absolute atomic E-state index is 12.2. The molecule has 4 aromatic rings. The minimum atomic E-state index is -3.38. The Balaban J connectivity index is 0.000000177. The van der Waals surface area contributed by atoms with Crippen molar-refractivity contribution in [1.29, 1.82) is 0 Å². The lowest BCUT2D eigenvalue weighted by atomic mass is 9.92. The molecule has 2 saturated carbocycles. The summed E-state index contributed by atoms with van der Waals surface area (Å²) in [6, 6.07) is 38.0. The number of nitrogens with zero attached hydrogens (tertiary/aromatic N) is 2. The van der Waals surface area contributed by atoms with E-state index in [4.69, 9.17) is 21.2 Å². The first-order chi connectivity index (χ1) is 29.2. The first kappa shape index (κ1) is 47.0. The summed E-state index contributed by atoms with van der Waals surface area (Å²) in [5, 5.41) is 0. The van der Waals surface area contributed by atoms with E-state index in [0.717, 1.165) is 43.6 Å². The average molecular weight is 894 g/mol. The van der Waals surface area contributed by atoms with Gasteiger partial charge in [0.25, 0.3) is 0 Å². The Kier molecular flexibility index (Phi) is 16.0. The highest BCUT2D eigenvalue weighted by Crippen LogP contribution is 2.64. The number of hydrogen-bond acceptors (Lipinski definition) is 9. The first-order valence-corrected chi connectivity index (χ1v) is 25.7. The molecule has 8 rings (SSSR count). The van der Waals surface area contributed by atoms with Crippen LogP contribution >= 0.6 is 10.7 Å². The van der Waals surface area contributed by atoms with Crippen LogP contribution in [0.2, 0.25) is 0 Å². The molecule has 0 radical (unpaired) electrons. The fourth-order valence-electron chi connectivity index (χ4n) is 9.85. The fourth-order valence-corrected chi connectivity index (χ4v) is 11.4. The van der Waals surface area contributed by atoms with Crippen molar-refractivity contribution >= 4 is 41.1 Å². The van der Waals surface area contributed by atoms with E-state index in [9.17, 15) is 16.8 Å². The summed E-state index contributed by atoms with van der Waals surface area (Å²) >= 11 is 0. The summed E-state index contributed by atoms with van der Waals surface area (Å²) in [6.07, 6.45) is 4.78. The van der Waals surface area contributed by atoms with Gasteiger partial charge in [0.2, 0.25) is 19.1 Å². The molecule has 2 aliphatic carbocycles. The maximum atomic E-state index is 12.2. The highest BCUT2D eigenvalue weighted by molar-refractivity contribution is 8.13. The zero-order valence-electron chi connectivity index (χ0n) is 36.2. The third-order valence-corrected chi connectivity index (χ3v) is 15.9. The van der Waals surface area contributed by atoms with E-state index >= 15 is 0 Å². The van der Waals surface area contributed by atoms with Gasteiger partial charge in [-0.3, -0.25) is 4.72 Å². The highest BCUT2D eigenvalue weighted by atomic mass is 35.7. The van der Waals surface area contributed by atoms with Crippen LogP contribution in [0.1, 0.15) is 48.9 Å². The van der Waals surface area contributed by atoms with E-state index in [1.165, 1.54) is 75.4 Å². The second-order valence-corrected chi connectivity index (χ2v) is 22.3. The van der Waals surface area contributed by atoms with E-state index in [0.29, 0.717) is 22.9 Å². The normalized spacial score (nSPS) is 25.3. The van der Waals surface area contributed by atoms with E-state index in [1.54, 1.807) is 0 Å². The molecule has 4 atom stereocenters. The topological polar surface area (TPSA) is 131 Å². The summed E-state index contributed by atoms with van der Waals surface area (Å²) in [7, 11) is 1.01. The predicted molar refractivity (Wildman–Crippen MR) is 249 cm³/mol. The van der Waals surface area contributed by atoms with Gasteiger partial charge in [0.15, 0.2) is 0 Å². The molecular formula is C48H65ClN4O6S2. The molecule has 4 fully saturated rings. The summed E-state index contributed by atoms with van der Waals surface area (Å²) in [5.41, 5.74) is 13.6. The molecule has 0 bridgehead atoms. The summed E-state index contributed by atoms with van der Waals surface area (Å²) < 4.78 is 56.6. The summed E-state index contributed by atoms with van der Waals surface area (Å²) in [5.74, 6) is 2.81. The van der Waals surface area contributed by atoms with Crippen LogP contribution in [-0.4, -0.2) is 105 Å². The van der Waals surface area contributed by atoms with Crippen LogP contribution in [0.15, 0.2) is 109 Å². The van der Waals surface area contributed by atoms with Gasteiger partial charge in [-0.1, -0.05) is 98.8 Å². The standard InChI is InChI=1S/C24H32N2O3S.C21H26N2.C3H7ClO3S/c1-24(20-11-6-12-21(16-20)25-30(27,28)15-14-29-2)22-17-26(18-23(22)24)13-7-10-19-8-4-3-5-9-19;1-21(17-10-5-11-18(22)13-17)19-14-23(15-20(19)21)12-6-9-16-7-3-2-4-8-16;1-7-2-3-8(4,5)6/h3-6,8-9,11-12,16,22-23,25H,7,10,13-15,17-18H2,1-2H3;2-5,7-8,10-11,13,19-20H,6,9,12,14-15,22H2,1H3;2-3H2,1H3. The number of hydrogen-bond donors (Lipinski definition) is 2. The zero-order chi connectivity index (χ0) is 43.7. The van der Waals surface area contributed by atoms with Crippen molar-refractivity contribution in [3.63, 3.8) is 0 Å². The number of nitrogen functional groups attached to an aromatic ring is 1. The Morgan fingerprint density at radius 2 is 1.08 bits per heavy atom. The lowest BCUT2D eigenvalue weighted by molar-refractivity contribution is 0.217. The first-order valence-electron chi connectivity index (χ1n) is 21.6. The number of methoxy groups -OCH3 is 2. The van der Waals surface area contributed by atoms with E-state index in [2.05, 4.69) is 118 Å². The molecule has 3 N–H and O–H groups in total. The predicted octanol–water partition coefficient (Wildman–Crippen LogP) is 7.45. The largest absolute Gasteiger partial charge is 0.399 e. The molecule has 332 valence electrons. The van der Waals surface area contributed by atoms with Crippen molar-refractivity contribution in [2.75, 3.05) is 88.7 Å². The van der Waals surface area contributed by atoms with Gasteiger partial charge in [0.05, 0.1) is 24.7 Å². The van der Waals surface area contributed by atoms with Crippen LogP contribution in [0.4, 0.5) is 11.4 Å². The van der Waals surface area contributed by atoms with Gasteiger partial charge in [-0.15, -0.1) is 0 Å². The molecule has 0 spiro atoms. The van der Waals surface area contributed by atoms with Crippen LogP contribution in [0.5, 0.6) is 0 Å². The number of nitrogens with one attached hydrogen (secondary N) is 1. The van der Waals surface area contributed by atoms with Crippen molar-refractivity contribution in [2.24, 2.45) is 23.7 Å². The van der Waals surface area contributed by atoms with Gasteiger partial charge in [-0.05, 0) is 109 Å². The molecule has 0 amide bonds. The second-order valence-electron chi connectivity index (χ2n) is 17.5. The lowest BCUT2D eigenvalue weighted by Crippen LogP contribution is -2.30. The molecule has 10 nitrogen and oxygen atoms in total. The van der Waals surface area contributed by atoms with Gasteiger partial charge >= 0.3 is 0 Å². The smallest absolute Gasteiger partial charge is 0.234 e. The molecule has 61 heavy (non-hydrogen) atoms. The van der Waals surface area contributed by atoms with Gasteiger partial charge in [-0.25, -0.2) is 16.8 Å². The van der Waals surface area contributed by atoms with Crippen molar-refractivity contribution in [3.8, 4) is 0 Å². The monoisotopic (exact) mass is 892 g/mol. The van der Waals surface area contributed by atoms with Crippen molar-refractivity contribution in [1.82, 2.24) is 9.80 Å². The van der Waals surface area contributed by atoms with Crippen molar-refractivity contribution < 1.29 is 26.3 Å². The number of halogens is 1. The molecule has 13 heteroatoms. The van der Waals surface area contributed by atoms with Crippen molar-refractivity contribution in [2.45, 2.75) is 50.4 Å². The van der Waals surface area contributed by atoms with E-state index in [1.807, 2.05) is 24.3 Å². The highest BCUT2D eigenvalue weighted by Gasteiger charge is 2.66. The number of anilines is 2. The van der Waals surface area contributed by atoms with Crippen LogP contribution in [-0.2, 0) is 52.2 Å². The zero-order valence-corrected chi connectivity index (χ0v) is 38.6. The summed E-state index contributed by atoms with van der Waals surface area (Å²) in [6.45, 7) is 12.3. The lowest BCUT2D eigenvalue weighted by Gasteiger charge is -2.25. The number of benzene rings is 4. The molecule has 4 aromatic carbocycles. The Morgan fingerprint density at radius 1 is 0.639 bits per heavy atom. The van der Waals surface area contributed by atoms with Gasteiger partial charge in [0, 0.05) is 73.3 Å². The van der Waals surface area contributed by atoms with Crippen LogP contribution in [0, 0.1) is 23.7 Å². The molecule has 2 heterocycles. The van der Waals surface area contributed by atoms with E-state index < -0.39 is 19.1 Å². The van der Waals surface area contributed by atoms with E-state index in [-0.39, 0.29) is 30.1 Å². The minimum Gasteiger partial charge on any atom is -0.399 e. The number of fused-ring (bicyclic) bond motifs is 2. The molecule has 2 aliphatic heterocycles. The maximum Gasteiger partial charge on any atom is 0.234 e. The summed E-state index contributed by atoms with van der Waals surface area (Å²) in [4.78, 5) is 5.25. The third kappa shape index (κ3) is 12.6. The van der Waals surface area contributed by atoms with Gasteiger partial charge in [-0.2, -0.15) is 0 Å². The van der Waals surface area contributed by atoms with Crippen LogP contribution in [0.3, 0.4) is 0 Å². The number of aryl methyl sites for hydroxylation is 2. The van der Waals surface area contributed by atoms with Crippen molar-refractivity contribution in [3.05, 3.63) is 131 Å². The molecule has 4 aliphatic rings. The molecule has 4 unspecified atom stereocenters. The second kappa shape index (κ2) is 20.8. The van der Waals surface area contributed by atoms with Crippen LogP contribution < -0.4 is 10.5 Å². The Morgan fingerprint density at radius 3 is 1.51 bits per heavy atom. The molecule has 2 saturated heterocycles. The SMILES string of the molecule is CC1(c2cccc(N)c2)C2CN(CCCc3ccccc3)CC21.COCCS(=O)(=O)Cl.COCCS(=O)(=O)Nc1cccc(C2(C)C3CN(CCCc4ccccc4)CC32)c1. The minimum absolute atomic E-state index is 0.0335. The molecular weight excluding hydrogens is 828 g/mol.